The maximum Gasteiger partial charge on any atom is 0.357 e. The summed E-state index contributed by atoms with van der Waals surface area (Å²) in [7, 11) is 1.58. The molecule has 8 heteroatoms. The van der Waals surface area contributed by atoms with Gasteiger partial charge in [0.2, 0.25) is 0 Å². The van der Waals surface area contributed by atoms with Gasteiger partial charge in [0.05, 0.1) is 18.8 Å². The van der Waals surface area contributed by atoms with Crippen LogP contribution in [0.15, 0.2) is 6.20 Å². The first kappa shape index (κ1) is 14.5. The standard InChI is InChI=1S/C12H18N4O4/c1-15-8-9(10(14-15)12(18)19)11(17)13-2-3-16-4-6-20-7-5-16/h8H,2-7H2,1H3,(H,13,17)(H,18,19). The van der Waals surface area contributed by atoms with Crippen molar-refractivity contribution in [1.29, 1.82) is 0 Å². The van der Waals surface area contributed by atoms with E-state index in [2.05, 4.69) is 15.3 Å². The molecule has 0 bridgehead atoms. The zero-order valence-corrected chi connectivity index (χ0v) is 11.3. The molecule has 20 heavy (non-hydrogen) atoms. The average Bonchev–Trinajstić information content (AvgIpc) is 2.82. The third-order valence-electron chi connectivity index (χ3n) is 3.09. The molecule has 1 aliphatic rings. The van der Waals surface area contributed by atoms with Crippen molar-refractivity contribution in [3.63, 3.8) is 0 Å². The highest BCUT2D eigenvalue weighted by atomic mass is 16.5. The first-order chi connectivity index (χ1) is 9.58. The minimum Gasteiger partial charge on any atom is -0.476 e. The maximum absolute atomic E-state index is 12.0. The van der Waals surface area contributed by atoms with Gasteiger partial charge in [-0.05, 0) is 0 Å². The van der Waals surface area contributed by atoms with Gasteiger partial charge >= 0.3 is 5.97 Å². The van der Waals surface area contributed by atoms with Crippen molar-refractivity contribution in [1.82, 2.24) is 20.0 Å². The molecule has 0 spiro atoms. The second-order valence-electron chi connectivity index (χ2n) is 4.58. The number of carbonyl (C=O) groups excluding carboxylic acids is 1. The van der Waals surface area contributed by atoms with Gasteiger partial charge in [-0.25, -0.2) is 4.79 Å². The van der Waals surface area contributed by atoms with Gasteiger partial charge in [0.25, 0.3) is 5.91 Å². The molecule has 0 saturated carbocycles. The Morgan fingerprint density at radius 1 is 1.45 bits per heavy atom. The number of aryl methyl sites for hydroxylation is 1. The van der Waals surface area contributed by atoms with Crippen molar-refractivity contribution in [3.05, 3.63) is 17.5 Å². The average molecular weight is 282 g/mol. The number of hydrogen-bond donors (Lipinski definition) is 2. The fourth-order valence-electron chi connectivity index (χ4n) is 2.06. The number of ether oxygens (including phenoxy) is 1. The molecule has 1 aromatic heterocycles. The first-order valence-corrected chi connectivity index (χ1v) is 6.43. The van der Waals surface area contributed by atoms with Crippen molar-refractivity contribution in [2.75, 3.05) is 39.4 Å². The van der Waals surface area contributed by atoms with E-state index in [1.54, 1.807) is 7.05 Å². The number of aromatic carboxylic acids is 1. The van der Waals surface area contributed by atoms with Crippen molar-refractivity contribution < 1.29 is 19.4 Å². The summed E-state index contributed by atoms with van der Waals surface area (Å²) in [5.41, 5.74) is -0.140. The van der Waals surface area contributed by atoms with E-state index in [1.807, 2.05) is 0 Å². The molecule has 0 atom stereocenters. The zero-order chi connectivity index (χ0) is 14.5. The van der Waals surface area contributed by atoms with Gasteiger partial charge in [-0.2, -0.15) is 5.10 Å². The van der Waals surface area contributed by atoms with Crippen molar-refractivity contribution in [2.24, 2.45) is 7.05 Å². The number of morpholine rings is 1. The lowest BCUT2D eigenvalue weighted by molar-refractivity contribution is 0.0383. The van der Waals surface area contributed by atoms with E-state index < -0.39 is 11.9 Å². The summed E-state index contributed by atoms with van der Waals surface area (Å²) >= 11 is 0. The molecule has 0 aromatic carbocycles. The fraction of sp³-hybridized carbons (Fsp3) is 0.583. The van der Waals surface area contributed by atoms with E-state index in [4.69, 9.17) is 9.84 Å². The highest BCUT2D eigenvalue weighted by Crippen LogP contribution is 2.06. The summed E-state index contributed by atoms with van der Waals surface area (Å²) in [5.74, 6) is -1.62. The van der Waals surface area contributed by atoms with Gasteiger partial charge in [0, 0.05) is 39.4 Å². The predicted octanol–water partition coefficient (Wildman–Crippen LogP) is -0.820. The number of carboxylic acids is 1. The molecule has 2 heterocycles. The number of hydrogen-bond acceptors (Lipinski definition) is 5. The summed E-state index contributed by atoms with van der Waals surface area (Å²) in [6.45, 7) is 4.30. The van der Waals surface area contributed by atoms with Gasteiger partial charge in [0.1, 0.15) is 0 Å². The van der Waals surface area contributed by atoms with E-state index in [0.29, 0.717) is 19.8 Å². The number of rotatable bonds is 5. The van der Waals surface area contributed by atoms with Crippen LogP contribution in [0, 0.1) is 0 Å². The minimum atomic E-state index is -1.20. The molecule has 110 valence electrons. The van der Waals surface area contributed by atoms with Crippen LogP contribution < -0.4 is 5.32 Å². The SMILES string of the molecule is Cn1cc(C(=O)NCCN2CCOCC2)c(C(=O)O)n1. The normalized spacial score (nSPS) is 16.1. The summed E-state index contributed by atoms with van der Waals surface area (Å²) in [5, 5.41) is 15.5. The smallest absolute Gasteiger partial charge is 0.357 e. The molecule has 0 aliphatic carbocycles. The molecule has 1 amide bonds. The third kappa shape index (κ3) is 3.55. The van der Waals surface area contributed by atoms with E-state index in [-0.39, 0.29) is 11.3 Å². The second-order valence-corrected chi connectivity index (χ2v) is 4.58. The Morgan fingerprint density at radius 3 is 2.80 bits per heavy atom. The second kappa shape index (κ2) is 6.49. The molecule has 1 saturated heterocycles. The zero-order valence-electron chi connectivity index (χ0n) is 11.3. The topological polar surface area (TPSA) is 96.7 Å². The van der Waals surface area contributed by atoms with Gasteiger partial charge in [0.15, 0.2) is 5.69 Å². The highest BCUT2D eigenvalue weighted by molar-refractivity contribution is 6.03. The Labute approximate surface area is 116 Å². The molecule has 2 rings (SSSR count). The van der Waals surface area contributed by atoms with Crippen LogP contribution >= 0.6 is 0 Å². The van der Waals surface area contributed by atoms with Crippen LogP contribution in [0.5, 0.6) is 0 Å². The van der Waals surface area contributed by atoms with Crippen LogP contribution in [0.25, 0.3) is 0 Å². The summed E-state index contributed by atoms with van der Waals surface area (Å²) in [4.78, 5) is 25.1. The first-order valence-electron chi connectivity index (χ1n) is 6.43. The molecule has 0 radical (unpaired) electrons. The van der Waals surface area contributed by atoms with Gasteiger partial charge in [-0.3, -0.25) is 14.4 Å². The summed E-state index contributed by atoms with van der Waals surface area (Å²) in [6, 6.07) is 0. The van der Waals surface area contributed by atoms with Crippen LogP contribution in [0.1, 0.15) is 20.8 Å². The molecular formula is C12H18N4O4. The van der Waals surface area contributed by atoms with Crippen molar-refractivity contribution in [2.45, 2.75) is 0 Å². The lowest BCUT2D eigenvalue weighted by atomic mass is 10.2. The molecule has 2 N–H and O–H groups in total. The molecule has 1 aliphatic heterocycles. The lowest BCUT2D eigenvalue weighted by Crippen LogP contribution is -2.41. The number of amides is 1. The molecule has 1 aromatic rings. The van der Waals surface area contributed by atoms with Gasteiger partial charge in [-0.1, -0.05) is 0 Å². The summed E-state index contributed by atoms with van der Waals surface area (Å²) in [6.07, 6.45) is 1.41. The molecular weight excluding hydrogens is 264 g/mol. The summed E-state index contributed by atoms with van der Waals surface area (Å²) < 4.78 is 6.56. The van der Waals surface area contributed by atoms with Crippen molar-refractivity contribution in [3.8, 4) is 0 Å². The number of aromatic nitrogens is 2. The van der Waals surface area contributed by atoms with Gasteiger partial charge < -0.3 is 15.2 Å². The van der Waals surface area contributed by atoms with E-state index >= 15 is 0 Å². The van der Waals surface area contributed by atoms with Crippen LogP contribution in [0.4, 0.5) is 0 Å². The lowest BCUT2D eigenvalue weighted by Gasteiger charge is -2.26. The van der Waals surface area contributed by atoms with Crippen LogP contribution in [0.3, 0.4) is 0 Å². The maximum atomic E-state index is 12.0. The number of nitrogens with one attached hydrogen (secondary N) is 1. The van der Waals surface area contributed by atoms with Crippen molar-refractivity contribution >= 4 is 11.9 Å². The largest absolute Gasteiger partial charge is 0.476 e. The molecule has 1 fully saturated rings. The third-order valence-corrected chi connectivity index (χ3v) is 3.09. The Bertz CT molecular complexity index is 494. The monoisotopic (exact) mass is 282 g/mol. The van der Waals surface area contributed by atoms with Gasteiger partial charge in [-0.15, -0.1) is 0 Å². The fourth-order valence-corrected chi connectivity index (χ4v) is 2.06. The number of carboxylic acid groups (broad SMARTS) is 1. The molecule has 8 nitrogen and oxygen atoms in total. The Morgan fingerprint density at radius 2 is 2.15 bits per heavy atom. The minimum absolute atomic E-state index is 0.0852. The number of carbonyl (C=O) groups is 2. The van der Waals surface area contributed by atoms with E-state index in [1.165, 1.54) is 10.9 Å². The van der Waals surface area contributed by atoms with E-state index in [9.17, 15) is 9.59 Å². The van der Waals surface area contributed by atoms with E-state index in [0.717, 1.165) is 19.6 Å². The Hall–Kier alpha value is -1.93. The Kier molecular flexibility index (Phi) is 4.70. The van der Waals surface area contributed by atoms with Crippen LogP contribution in [-0.4, -0.2) is 71.1 Å². The number of nitrogens with zero attached hydrogens (tertiary/aromatic N) is 3. The van der Waals surface area contributed by atoms with Crippen LogP contribution in [0.2, 0.25) is 0 Å². The quantitative estimate of drug-likeness (QED) is 0.732. The van der Waals surface area contributed by atoms with Crippen LogP contribution in [-0.2, 0) is 11.8 Å². The molecule has 0 unspecified atom stereocenters. The predicted molar refractivity (Wildman–Crippen MR) is 69.8 cm³/mol. The Balaban J connectivity index is 1.86. The highest BCUT2D eigenvalue weighted by Gasteiger charge is 2.20.